The molecule has 2 aromatic carbocycles. The average molecular weight is 329 g/mol. The van der Waals surface area contributed by atoms with E-state index in [9.17, 15) is 0 Å². The largest absolute Gasteiger partial charge is 0.245 e. The smallest absolute Gasteiger partial charge is 0.235 e. The standard InChI is InChI=1S/C18H11N5S/c1-2-7-13(8-3-1)16-20-21-18-23(16)22-17(24-18)15-11-10-12-6-4-5-9-14(12)19-15/h1-11H. The summed E-state index contributed by atoms with van der Waals surface area (Å²) < 4.78 is 1.78. The molecule has 5 aromatic rings. The summed E-state index contributed by atoms with van der Waals surface area (Å²) in [6.45, 7) is 0. The summed E-state index contributed by atoms with van der Waals surface area (Å²) in [4.78, 5) is 5.47. The molecule has 3 heterocycles. The van der Waals surface area contributed by atoms with Crippen molar-refractivity contribution in [3.8, 4) is 22.1 Å². The highest BCUT2D eigenvalue weighted by molar-refractivity contribution is 7.19. The van der Waals surface area contributed by atoms with Gasteiger partial charge in [0.05, 0.1) is 5.52 Å². The van der Waals surface area contributed by atoms with Gasteiger partial charge in [-0.3, -0.25) is 0 Å². The molecule has 0 N–H and O–H groups in total. The lowest BCUT2D eigenvalue weighted by atomic mass is 10.2. The molecular weight excluding hydrogens is 318 g/mol. The van der Waals surface area contributed by atoms with E-state index in [4.69, 9.17) is 4.98 Å². The first-order chi connectivity index (χ1) is 11.9. The van der Waals surface area contributed by atoms with Crippen LogP contribution < -0.4 is 0 Å². The van der Waals surface area contributed by atoms with Crippen molar-refractivity contribution >= 4 is 27.2 Å². The first-order valence-corrected chi connectivity index (χ1v) is 8.34. The number of hydrogen-bond donors (Lipinski definition) is 0. The van der Waals surface area contributed by atoms with Gasteiger partial charge in [-0.1, -0.05) is 65.9 Å². The lowest BCUT2D eigenvalue weighted by molar-refractivity contribution is 0.968. The number of pyridine rings is 1. The van der Waals surface area contributed by atoms with E-state index < -0.39 is 0 Å². The average Bonchev–Trinajstić information content (AvgIpc) is 3.23. The number of fused-ring (bicyclic) bond motifs is 2. The Morgan fingerprint density at radius 1 is 0.792 bits per heavy atom. The maximum absolute atomic E-state index is 4.71. The number of rotatable bonds is 2. The number of aromatic nitrogens is 5. The molecule has 0 amide bonds. The van der Waals surface area contributed by atoms with Gasteiger partial charge < -0.3 is 0 Å². The van der Waals surface area contributed by atoms with E-state index in [1.165, 1.54) is 11.3 Å². The van der Waals surface area contributed by atoms with Crippen LogP contribution in [0.3, 0.4) is 0 Å². The molecule has 0 aliphatic carbocycles. The Bertz CT molecular complexity index is 1160. The molecule has 0 atom stereocenters. The minimum atomic E-state index is 0.744. The normalized spacial score (nSPS) is 11.3. The molecule has 0 aliphatic rings. The molecule has 0 saturated heterocycles. The Morgan fingerprint density at radius 2 is 1.62 bits per heavy atom. The van der Waals surface area contributed by atoms with Crippen molar-refractivity contribution in [2.24, 2.45) is 0 Å². The molecule has 0 spiro atoms. The molecule has 5 rings (SSSR count). The molecule has 24 heavy (non-hydrogen) atoms. The molecule has 5 nitrogen and oxygen atoms in total. The zero-order chi connectivity index (χ0) is 15.9. The fraction of sp³-hybridized carbons (Fsp3) is 0. The number of para-hydroxylation sites is 1. The third-order valence-electron chi connectivity index (χ3n) is 3.84. The van der Waals surface area contributed by atoms with Crippen molar-refractivity contribution < 1.29 is 0 Å². The monoisotopic (exact) mass is 329 g/mol. The van der Waals surface area contributed by atoms with Gasteiger partial charge in [-0.05, 0) is 12.1 Å². The second-order valence-corrected chi connectivity index (χ2v) is 6.34. The highest BCUT2D eigenvalue weighted by Gasteiger charge is 2.15. The van der Waals surface area contributed by atoms with Crippen molar-refractivity contribution in [2.45, 2.75) is 0 Å². The zero-order valence-corrected chi connectivity index (χ0v) is 13.3. The highest BCUT2D eigenvalue weighted by atomic mass is 32.1. The fourth-order valence-electron chi connectivity index (χ4n) is 2.67. The predicted molar refractivity (Wildman–Crippen MR) is 94.8 cm³/mol. The molecule has 0 fully saturated rings. The van der Waals surface area contributed by atoms with Crippen LogP contribution >= 0.6 is 11.3 Å². The second-order valence-electron chi connectivity index (χ2n) is 5.38. The Labute approximate surface area is 141 Å². The van der Waals surface area contributed by atoms with E-state index in [-0.39, 0.29) is 0 Å². The summed E-state index contributed by atoms with van der Waals surface area (Å²) >= 11 is 1.49. The van der Waals surface area contributed by atoms with Gasteiger partial charge in [0.15, 0.2) is 10.8 Å². The summed E-state index contributed by atoms with van der Waals surface area (Å²) in [6, 6.07) is 22.1. The molecule has 6 heteroatoms. The Kier molecular flexibility index (Phi) is 2.89. The third kappa shape index (κ3) is 2.08. The van der Waals surface area contributed by atoms with E-state index in [0.717, 1.165) is 38.0 Å². The van der Waals surface area contributed by atoms with Gasteiger partial charge in [0.2, 0.25) is 4.96 Å². The first kappa shape index (κ1) is 13.3. The minimum absolute atomic E-state index is 0.744. The van der Waals surface area contributed by atoms with Gasteiger partial charge in [-0.15, -0.1) is 10.2 Å². The zero-order valence-electron chi connectivity index (χ0n) is 12.5. The van der Waals surface area contributed by atoms with Crippen LogP contribution in [0.25, 0.3) is 38.0 Å². The fourth-order valence-corrected chi connectivity index (χ4v) is 3.48. The maximum Gasteiger partial charge on any atom is 0.235 e. The molecule has 0 aliphatic heterocycles. The summed E-state index contributed by atoms with van der Waals surface area (Å²) in [6.07, 6.45) is 0. The Morgan fingerprint density at radius 3 is 2.54 bits per heavy atom. The number of benzene rings is 2. The minimum Gasteiger partial charge on any atom is -0.245 e. The van der Waals surface area contributed by atoms with E-state index in [2.05, 4.69) is 27.4 Å². The van der Waals surface area contributed by atoms with Gasteiger partial charge in [0.1, 0.15) is 5.69 Å². The molecule has 0 radical (unpaired) electrons. The SMILES string of the molecule is c1ccc(-c2nnc3sc(-c4ccc5ccccc5n4)nn23)cc1. The quantitative estimate of drug-likeness (QED) is 0.490. The lowest BCUT2D eigenvalue weighted by Crippen LogP contribution is -1.91. The van der Waals surface area contributed by atoms with Gasteiger partial charge in [0, 0.05) is 10.9 Å². The van der Waals surface area contributed by atoms with Gasteiger partial charge >= 0.3 is 0 Å². The lowest BCUT2D eigenvalue weighted by Gasteiger charge is -1.99. The van der Waals surface area contributed by atoms with Crippen LogP contribution in [-0.4, -0.2) is 24.8 Å². The van der Waals surface area contributed by atoms with E-state index in [0.29, 0.717) is 0 Å². The van der Waals surface area contributed by atoms with Crippen LogP contribution in [0, 0.1) is 0 Å². The van der Waals surface area contributed by atoms with Crippen LogP contribution in [0.2, 0.25) is 0 Å². The summed E-state index contributed by atoms with van der Waals surface area (Å²) in [5.74, 6) is 0.744. The number of hydrogen-bond acceptors (Lipinski definition) is 5. The Balaban J connectivity index is 1.66. The van der Waals surface area contributed by atoms with Crippen LogP contribution in [0.1, 0.15) is 0 Å². The first-order valence-electron chi connectivity index (χ1n) is 7.52. The third-order valence-corrected chi connectivity index (χ3v) is 4.76. The van der Waals surface area contributed by atoms with Crippen LogP contribution in [0.4, 0.5) is 0 Å². The van der Waals surface area contributed by atoms with E-state index >= 15 is 0 Å². The topological polar surface area (TPSA) is 56.0 Å². The molecule has 0 bridgehead atoms. The molecule has 3 aromatic heterocycles. The van der Waals surface area contributed by atoms with Crippen LogP contribution in [0.5, 0.6) is 0 Å². The molecular formula is C18H11N5S. The van der Waals surface area contributed by atoms with Gasteiger partial charge in [0.25, 0.3) is 0 Å². The van der Waals surface area contributed by atoms with Gasteiger partial charge in [-0.2, -0.15) is 9.61 Å². The molecule has 0 saturated carbocycles. The van der Waals surface area contributed by atoms with Crippen molar-refractivity contribution in [1.82, 2.24) is 24.8 Å². The van der Waals surface area contributed by atoms with Crippen molar-refractivity contribution in [1.29, 1.82) is 0 Å². The summed E-state index contributed by atoms with van der Waals surface area (Å²) in [5.41, 5.74) is 2.81. The van der Waals surface area contributed by atoms with Crippen LogP contribution in [0.15, 0.2) is 66.7 Å². The van der Waals surface area contributed by atoms with Crippen molar-refractivity contribution in [2.75, 3.05) is 0 Å². The summed E-state index contributed by atoms with van der Waals surface area (Å²) in [5, 5.41) is 15.1. The highest BCUT2D eigenvalue weighted by Crippen LogP contribution is 2.28. The van der Waals surface area contributed by atoms with Crippen molar-refractivity contribution in [3.63, 3.8) is 0 Å². The Hall–Kier alpha value is -3.12. The summed E-state index contributed by atoms with van der Waals surface area (Å²) in [7, 11) is 0. The molecule has 114 valence electrons. The van der Waals surface area contributed by atoms with E-state index in [1.807, 2.05) is 54.6 Å². The van der Waals surface area contributed by atoms with Crippen LogP contribution in [-0.2, 0) is 0 Å². The van der Waals surface area contributed by atoms with Crippen molar-refractivity contribution in [3.05, 3.63) is 66.7 Å². The van der Waals surface area contributed by atoms with Gasteiger partial charge in [-0.25, -0.2) is 4.98 Å². The van der Waals surface area contributed by atoms with E-state index in [1.54, 1.807) is 4.52 Å². The number of nitrogens with zero attached hydrogens (tertiary/aromatic N) is 5. The second kappa shape index (κ2) is 5.21. The molecule has 0 unspecified atom stereocenters. The predicted octanol–water partition coefficient (Wildman–Crippen LogP) is 4.07. The maximum atomic E-state index is 4.71.